The first-order valence-electron chi connectivity index (χ1n) is 19.1. The Kier molecular flexibility index (Phi) is 11.0. The molecule has 60 heavy (non-hydrogen) atoms. The van der Waals surface area contributed by atoms with Gasteiger partial charge in [-0.25, -0.2) is 0 Å². The fraction of sp³-hybridized carbons (Fsp3) is 0.409. The monoisotopic (exact) mass is 832 g/mol. The number of fused-ring (bicyclic) bond motifs is 4. The number of phenols is 4. The number of ketones is 6. The number of aliphatic hydroxyl groups excluding tert-OH is 2. The van der Waals surface area contributed by atoms with E-state index in [0.717, 1.165) is 13.8 Å². The summed E-state index contributed by atoms with van der Waals surface area (Å²) in [7, 11) is 0. The predicted molar refractivity (Wildman–Crippen MR) is 213 cm³/mol. The molecule has 0 saturated carbocycles. The Hall–Kier alpha value is -6.26. The maximum atomic E-state index is 14.2. The number of Topliss-reactive ketones (excluding diaryl/α,β-unsaturated/α-hetero) is 6. The highest BCUT2D eigenvalue weighted by molar-refractivity contribution is 6.29. The van der Waals surface area contributed by atoms with Crippen molar-refractivity contribution >= 4 is 45.8 Å². The van der Waals surface area contributed by atoms with Gasteiger partial charge in [-0.1, -0.05) is 55.4 Å². The SMILES string of the molecule is Cc1c(O)c(C(=O)C(C)C)c(O)c2c1Oc1c(C)c(O)c(C(=O)C(C)C)c(O)c1C1=C(OC3=C2C(O)=C(C(=O)C(C)C)C(=O)[C@]3(C)O)[C@@](C)(O)C(=O)C(C(=O)C(C)C)=C1O. The highest BCUT2D eigenvalue weighted by atomic mass is 16.5. The molecule has 0 spiro atoms. The van der Waals surface area contributed by atoms with Crippen LogP contribution in [0.2, 0.25) is 0 Å². The number of benzene rings is 2. The molecule has 2 aliphatic carbocycles. The summed E-state index contributed by atoms with van der Waals surface area (Å²) in [5, 5.41) is 96.3. The molecular weight excluding hydrogens is 784 g/mol. The molecule has 0 amide bonds. The molecule has 0 unspecified atom stereocenters. The Bertz CT molecular complexity index is 2340. The third kappa shape index (κ3) is 6.27. The van der Waals surface area contributed by atoms with Crippen molar-refractivity contribution in [2.75, 3.05) is 0 Å². The molecule has 2 aromatic rings. The van der Waals surface area contributed by atoms with Gasteiger partial charge in [-0.2, -0.15) is 0 Å². The molecule has 1 heterocycles. The molecule has 5 rings (SSSR count). The van der Waals surface area contributed by atoms with Crippen LogP contribution in [0.1, 0.15) is 112 Å². The number of ether oxygens (including phenoxy) is 2. The molecule has 0 fully saturated rings. The van der Waals surface area contributed by atoms with Crippen molar-refractivity contribution < 1.29 is 79.1 Å². The molecule has 0 bridgehead atoms. The standard InChI is InChI=1S/C44H48O16/c1-13(2)27(45)23-31(49)17(9)37-19(33(23)51)21-35(53)25(29(47)15(5)6)39(55)43(11,57)41(21)60-42-22(36(54)26(30(48)16(7)8)40(56)44(42,12)58)20-34(52)24(28(46)14(3)4)32(50)18(10)38(20)59-37/h13-16,49-54,57-58H,1-12H3/t43-,44-/m0/s1. The quantitative estimate of drug-likeness (QED) is 0.115. The molecular formula is C44H48O16. The van der Waals surface area contributed by atoms with Gasteiger partial charge in [0.2, 0.25) is 11.6 Å². The third-order valence-corrected chi connectivity index (χ3v) is 10.9. The van der Waals surface area contributed by atoms with Crippen molar-refractivity contribution in [3.63, 3.8) is 0 Å². The number of allylic oxidation sites excluding steroid dienone is 2. The molecule has 1 aliphatic heterocycles. The smallest absolute Gasteiger partial charge is 0.209 e. The molecule has 0 radical (unpaired) electrons. The summed E-state index contributed by atoms with van der Waals surface area (Å²) in [4.78, 5) is 83.2. The van der Waals surface area contributed by atoms with Gasteiger partial charge in [0.1, 0.15) is 68.3 Å². The van der Waals surface area contributed by atoms with E-state index < -0.39 is 183 Å². The minimum atomic E-state index is -3.11. The molecule has 8 N–H and O–H groups in total. The summed E-state index contributed by atoms with van der Waals surface area (Å²) < 4.78 is 12.6. The zero-order valence-electron chi connectivity index (χ0n) is 35.2. The van der Waals surface area contributed by atoms with Crippen molar-refractivity contribution in [3.8, 4) is 34.5 Å². The lowest BCUT2D eigenvalue weighted by molar-refractivity contribution is -0.137. The summed E-state index contributed by atoms with van der Waals surface area (Å²) in [6.45, 7) is 15.2. The van der Waals surface area contributed by atoms with Gasteiger partial charge in [0.25, 0.3) is 0 Å². The number of aromatic hydroxyl groups is 4. The van der Waals surface area contributed by atoms with E-state index in [4.69, 9.17) is 9.47 Å². The van der Waals surface area contributed by atoms with E-state index in [1.54, 1.807) is 0 Å². The lowest BCUT2D eigenvalue weighted by atomic mass is 9.75. The first-order valence-corrected chi connectivity index (χ1v) is 19.1. The normalized spacial score (nSPS) is 20.6. The highest BCUT2D eigenvalue weighted by Crippen LogP contribution is 2.58. The lowest BCUT2D eigenvalue weighted by Crippen LogP contribution is -2.49. The first kappa shape index (κ1) is 44.8. The van der Waals surface area contributed by atoms with Crippen LogP contribution in [0.15, 0.2) is 34.2 Å². The summed E-state index contributed by atoms with van der Waals surface area (Å²) in [5.74, 6) is -21.0. The van der Waals surface area contributed by atoms with Crippen LogP contribution >= 0.6 is 0 Å². The Labute approximate surface area is 344 Å². The van der Waals surface area contributed by atoms with Crippen LogP contribution in [0.4, 0.5) is 0 Å². The number of carbonyl (C=O) groups excluding carboxylic acids is 6. The lowest BCUT2D eigenvalue weighted by Gasteiger charge is -2.39. The van der Waals surface area contributed by atoms with Crippen molar-refractivity contribution in [3.05, 3.63) is 67.6 Å². The van der Waals surface area contributed by atoms with E-state index in [2.05, 4.69) is 0 Å². The Morgan fingerprint density at radius 2 is 0.767 bits per heavy atom. The predicted octanol–water partition coefficient (Wildman–Crippen LogP) is 5.79. The Morgan fingerprint density at radius 3 is 1.03 bits per heavy atom. The van der Waals surface area contributed by atoms with Crippen LogP contribution in [-0.2, 0) is 23.9 Å². The molecule has 3 aliphatic rings. The zero-order valence-corrected chi connectivity index (χ0v) is 35.2. The fourth-order valence-electron chi connectivity index (χ4n) is 7.28. The van der Waals surface area contributed by atoms with Crippen LogP contribution in [0.5, 0.6) is 34.5 Å². The van der Waals surface area contributed by atoms with Crippen LogP contribution in [0.3, 0.4) is 0 Å². The molecule has 2 aromatic carbocycles. The second-order valence-electron chi connectivity index (χ2n) is 16.7. The number of aliphatic hydroxyl groups is 4. The average molecular weight is 833 g/mol. The highest BCUT2D eigenvalue weighted by Gasteiger charge is 2.56. The summed E-state index contributed by atoms with van der Waals surface area (Å²) in [6.07, 6.45) is 0. The molecule has 2 atom stereocenters. The van der Waals surface area contributed by atoms with E-state index in [1.807, 2.05) is 0 Å². The van der Waals surface area contributed by atoms with E-state index in [0.29, 0.717) is 0 Å². The second kappa shape index (κ2) is 14.8. The minimum absolute atomic E-state index is 0.401. The van der Waals surface area contributed by atoms with Crippen LogP contribution in [0.25, 0.3) is 11.1 Å². The van der Waals surface area contributed by atoms with Gasteiger partial charge in [0.15, 0.2) is 45.9 Å². The van der Waals surface area contributed by atoms with Gasteiger partial charge in [-0.3, -0.25) is 28.8 Å². The Morgan fingerprint density at radius 1 is 0.483 bits per heavy atom. The summed E-state index contributed by atoms with van der Waals surface area (Å²) >= 11 is 0. The molecule has 0 saturated heterocycles. The number of carbonyl (C=O) groups is 6. The van der Waals surface area contributed by atoms with Gasteiger partial charge in [-0.15, -0.1) is 0 Å². The van der Waals surface area contributed by atoms with Crippen LogP contribution < -0.4 is 4.74 Å². The number of hydrogen-bond donors (Lipinski definition) is 8. The largest absolute Gasteiger partial charge is 0.507 e. The van der Waals surface area contributed by atoms with E-state index in [9.17, 15) is 69.6 Å². The first-order chi connectivity index (χ1) is 27.5. The Balaban J connectivity index is 2.25. The van der Waals surface area contributed by atoms with Crippen LogP contribution in [0, 0.1) is 37.5 Å². The number of rotatable bonds is 8. The van der Waals surface area contributed by atoms with Crippen molar-refractivity contribution in [2.24, 2.45) is 23.7 Å². The number of phenolic OH excluding ortho intramolecular Hbond substituents is 4. The van der Waals surface area contributed by atoms with E-state index in [-0.39, 0.29) is 0 Å². The van der Waals surface area contributed by atoms with Gasteiger partial charge in [0.05, 0.1) is 22.3 Å². The zero-order chi connectivity index (χ0) is 45.7. The average Bonchev–Trinajstić information content (AvgIpc) is 3.15. The molecule has 16 nitrogen and oxygen atoms in total. The maximum Gasteiger partial charge on any atom is 0.209 e. The van der Waals surface area contributed by atoms with E-state index >= 15 is 0 Å². The fourth-order valence-corrected chi connectivity index (χ4v) is 7.28. The second-order valence-corrected chi connectivity index (χ2v) is 16.7. The maximum absolute atomic E-state index is 14.2. The van der Waals surface area contributed by atoms with Gasteiger partial charge in [-0.05, 0) is 27.7 Å². The minimum Gasteiger partial charge on any atom is -0.507 e. The molecule has 320 valence electrons. The topological polar surface area (TPSA) is 283 Å². The van der Waals surface area contributed by atoms with Crippen molar-refractivity contribution in [2.45, 2.75) is 94.3 Å². The summed E-state index contributed by atoms with van der Waals surface area (Å²) in [6, 6.07) is 0. The summed E-state index contributed by atoms with van der Waals surface area (Å²) in [5.41, 5.74) is -14.1. The van der Waals surface area contributed by atoms with Gasteiger partial charge >= 0.3 is 0 Å². The van der Waals surface area contributed by atoms with Crippen molar-refractivity contribution in [1.29, 1.82) is 0 Å². The third-order valence-electron chi connectivity index (χ3n) is 10.9. The van der Waals surface area contributed by atoms with Gasteiger partial charge < -0.3 is 50.3 Å². The van der Waals surface area contributed by atoms with Crippen LogP contribution in [-0.4, -0.2) is 86.8 Å². The van der Waals surface area contributed by atoms with Gasteiger partial charge in [0, 0.05) is 34.8 Å². The number of hydrogen-bond acceptors (Lipinski definition) is 16. The molecule has 0 aromatic heterocycles. The molecule has 16 heteroatoms. The van der Waals surface area contributed by atoms with Crippen molar-refractivity contribution in [1.82, 2.24) is 0 Å². The van der Waals surface area contributed by atoms with E-state index in [1.165, 1.54) is 69.2 Å².